The molecule has 4 heteroatoms. The van der Waals surface area contributed by atoms with Crippen molar-refractivity contribution in [3.63, 3.8) is 0 Å². The molecule has 0 bridgehead atoms. The van der Waals surface area contributed by atoms with Crippen LogP contribution in [-0.4, -0.2) is 19.6 Å². The minimum Gasteiger partial charge on any atom is -0.497 e. The lowest BCUT2D eigenvalue weighted by Gasteiger charge is -2.08. The molecule has 0 atom stereocenters. The van der Waals surface area contributed by atoms with Gasteiger partial charge in [-0.15, -0.1) is 0 Å². The number of hydrogen-bond acceptors (Lipinski definition) is 2. The number of ether oxygens (including phenoxy) is 1. The van der Waals surface area contributed by atoms with Crippen molar-refractivity contribution < 1.29 is 4.74 Å². The monoisotopic (exact) mass is 311 g/mol. The highest BCUT2D eigenvalue weighted by atomic mass is 16.5. The van der Waals surface area contributed by atoms with E-state index in [1.54, 1.807) is 7.11 Å². The molecule has 0 aliphatic rings. The van der Waals surface area contributed by atoms with Gasteiger partial charge in [0.15, 0.2) is 5.96 Å². The molecule has 0 aliphatic heterocycles. The fourth-order valence-corrected chi connectivity index (χ4v) is 2.51. The zero-order chi connectivity index (χ0) is 16.7. The molecule has 0 saturated carbocycles. The standard InChI is InChI=1S/C19H25N3O/c1-14-11-15(2)13-17(12-14)22-19(20)21-10-4-5-16-6-8-18(23-3)9-7-16/h6-9,11-13H,4-5,10H2,1-3H3,(H3,20,21,22). The summed E-state index contributed by atoms with van der Waals surface area (Å²) in [5.41, 5.74) is 10.6. The summed E-state index contributed by atoms with van der Waals surface area (Å²) in [7, 11) is 1.68. The van der Waals surface area contributed by atoms with Crippen LogP contribution in [0.2, 0.25) is 0 Å². The van der Waals surface area contributed by atoms with Gasteiger partial charge in [0.25, 0.3) is 0 Å². The van der Waals surface area contributed by atoms with Crippen LogP contribution in [0.5, 0.6) is 5.75 Å². The maximum absolute atomic E-state index is 5.95. The molecule has 4 nitrogen and oxygen atoms in total. The van der Waals surface area contributed by atoms with Gasteiger partial charge in [-0.3, -0.25) is 4.99 Å². The van der Waals surface area contributed by atoms with Crippen molar-refractivity contribution in [1.82, 2.24) is 0 Å². The third-order valence-electron chi connectivity index (χ3n) is 3.56. The summed E-state index contributed by atoms with van der Waals surface area (Å²) in [5, 5.41) is 3.15. The number of hydrogen-bond donors (Lipinski definition) is 2. The van der Waals surface area contributed by atoms with Crippen molar-refractivity contribution in [3.8, 4) is 5.75 Å². The summed E-state index contributed by atoms with van der Waals surface area (Å²) in [6.07, 6.45) is 1.94. The van der Waals surface area contributed by atoms with Gasteiger partial charge in [-0.05, 0) is 67.6 Å². The molecule has 3 N–H and O–H groups in total. The smallest absolute Gasteiger partial charge is 0.193 e. The van der Waals surface area contributed by atoms with Crippen molar-refractivity contribution in [2.24, 2.45) is 10.7 Å². The number of aliphatic imine (C=N–C) groups is 1. The van der Waals surface area contributed by atoms with E-state index in [-0.39, 0.29) is 0 Å². The molecule has 0 aliphatic carbocycles. The highest BCUT2D eigenvalue weighted by Crippen LogP contribution is 2.14. The highest BCUT2D eigenvalue weighted by Gasteiger charge is 1.98. The molecule has 2 aromatic carbocycles. The average molecular weight is 311 g/mol. The fraction of sp³-hybridized carbons (Fsp3) is 0.316. The molecule has 0 radical (unpaired) electrons. The van der Waals surface area contributed by atoms with Crippen molar-refractivity contribution in [3.05, 3.63) is 59.2 Å². The number of aryl methyl sites for hydroxylation is 3. The molecule has 0 unspecified atom stereocenters. The van der Waals surface area contributed by atoms with E-state index in [1.165, 1.54) is 16.7 Å². The van der Waals surface area contributed by atoms with E-state index in [9.17, 15) is 0 Å². The molecular weight excluding hydrogens is 286 g/mol. The number of benzene rings is 2. The Hall–Kier alpha value is -2.49. The second-order valence-corrected chi connectivity index (χ2v) is 5.72. The Balaban J connectivity index is 1.80. The predicted octanol–water partition coefficient (Wildman–Crippen LogP) is 3.67. The number of guanidine groups is 1. The van der Waals surface area contributed by atoms with E-state index in [0.717, 1.165) is 24.3 Å². The first-order chi connectivity index (χ1) is 11.1. The highest BCUT2D eigenvalue weighted by molar-refractivity contribution is 5.92. The van der Waals surface area contributed by atoms with Crippen LogP contribution >= 0.6 is 0 Å². The van der Waals surface area contributed by atoms with Crippen molar-refractivity contribution >= 4 is 11.6 Å². The first-order valence-corrected chi connectivity index (χ1v) is 7.85. The Bertz CT molecular complexity index is 643. The third kappa shape index (κ3) is 5.66. The maximum Gasteiger partial charge on any atom is 0.193 e. The Morgan fingerprint density at radius 3 is 2.35 bits per heavy atom. The summed E-state index contributed by atoms with van der Waals surface area (Å²) < 4.78 is 5.15. The molecule has 0 aromatic heterocycles. The quantitative estimate of drug-likeness (QED) is 0.486. The van der Waals surface area contributed by atoms with Crippen LogP contribution in [0.15, 0.2) is 47.5 Å². The number of nitrogens with one attached hydrogen (secondary N) is 1. The molecule has 0 fully saturated rings. The van der Waals surface area contributed by atoms with Crippen LogP contribution in [0.1, 0.15) is 23.1 Å². The molecule has 0 spiro atoms. The van der Waals surface area contributed by atoms with Crippen LogP contribution in [0, 0.1) is 13.8 Å². The predicted molar refractivity (Wildman–Crippen MR) is 97.3 cm³/mol. The van der Waals surface area contributed by atoms with Crippen LogP contribution in [0.3, 0.4) is 0 Å². The minimum atomic E-state index is 0.463. The average Bonchev–Trinajstić information content (AvgIpc) is 2.51. The van der Waals surface area contributed by atoms with Crippen LogP contribution in [-0.2, 0) is 6.42 Å². The van der Waals surface area contributed by atoms with Gasteiger partial charge in [-0.2, -0.15) is 0 Å². The van der Waals surface area contributed by atoms with Gasteiger partial charge in [0.2, 0.25) is 0 Å². The van der Waals surface area contributed by atoms with Gasteiger partial charge < -0.3 is 15.8 Å². The number of methoxy groups -OCH3 is 1. The second kappa shape index (κ2) is 8.22. The van der Waals surface area contributed by atoms with E-state index in [1.807, 2.05) is 12.1 Å². The van der Waals surface area contributed by atoms with Gasteiger partial charge in [0.1, 0.15) is 5.75 Å². The first kappa shape index (κ1) is 16.9. The Kier molecular flexibility index (Phi) is 6.03. The van der Waals surface area contributed by atoms with Crippen molar-refractivity contribution in [2.45, 2.75) is 26.7 Å². The van der Waals surface area contributed by atoms with E-state index in [2.05, 4.69) is 54.5 Å². The lowest BCUT2D eigenvalue weighted by Crippen LogP contribution is -2.23. The lowest BCUT2D eigenvalue weighted by molar-refractivity contribution is 0.414. The molecule has 2 aromatic rings. The zero-order valence-corrected chi connectivity index (χ0v) is 14.1. The van der Waals surface area contributed by atoms with E-state index >= 15 is 0 Å². The number of anilines is 1. The van der Waals surface area contributed by atoms with Gasteiger partial charge >= 0.3 is 0 Å². The van der Waals surface area contributed by atoms with Crippen molar-refractivity contribution in [2.75, 3.05) is 19.0 Å². The van der Waals surface area contributed by atoms with Gasteiger partial charge in [0, 0.05) is 12.2 Å². The van der Waals surface area contributed by atoms with Gasteiger partial charge in [-0.25, -0.2) is 0 Å². The molecule has 23 heavy (non-hydrogen) atoms. The number of nitrogens with zero attached hydrogens (tertiary/aromatic N) is 1. The number of nitrogens with two attached hydrogens (primary N) is 1. The van der Waals surface area contributed by atoms with Crippen LogP contribution < -0.4 is 15.8 Å². The largest absolute Gasteiger partial charge is 0.497 e. The van der Waals surface area contributed by atoms with Gasteiger partial charge in [0.05, 0.1) is 7.11 Å². The maximum atomic E-state index is 5.95. The lowest BCUT2D eigenvalue weighted by atomic mass is 10.1. The van der Waals surface area contributed by atoms with E-state index < -0.39 is 0 Å². The van der Waals surface area contributed by atoms with E-state index in [4.69, 9.17) is 10.5 Å². The molecule has 122 valence electrons. The summed E-state index contributed by atoms with van der Waals surface area (Å²) in [6.45, 7) is 4.84. The van der Waals surface area contributed by atoms with Crippen LogP contribution in [0.4, 0.5) is 5.69 Å². The SMILES string of the molecule is COc1ccc(CCCN=C(N)Nc2cc(C)cc(C)c2)cc1. The molecule has 0 amide bonds. The van der Waals surface area contributed by atoms with Gasteiger partial charge in [-0.1, -0.05) is 18.2 Å². The van der Waals surface area contributed by atoms with Crippen molar-refractivity contribution in [1.29, 1.82) is 0 Å². The molecule has 2 rings (SSSR count). The van der Waals surface area contributed by atoms with Crippen LogP contribution in [0.25, 0.3) is 0 Å². The Labute approximate surface area is 138 Å². The minimum absolute atomic E-state index is 0.463. The normalized spacial score (nSPS) is 11.3. The summed E-state index contributed by atoms with van der Waals surface area (Å²) in [5.74, 6) is 1.35. The molecule has 0 heterocycles. The number of rotatable bonds is 6. The third-order valence-corrected chi connectivity index (χ3v) is 3.56. The topological polar surface area (TPSA) is 59.6 Å². The fourth-order valence-electron chi connectivity index (χ4n) is 2.51. The summed E-state index contributed by atoms with van der Waals surface area (Å²) in [4.78, 5) is 4.39. The Morgan fingerprint density at radius 1 is 1.09 bits per heavy atom. The summed E-state index contributed by atoms with van der Waals surface area (Å²) >= 11 is 0. The second-order valence-electron chi connectivity index (χ2n) is 5.72. The zero-order valence-electron chi connectivity index (χ0n) is 14.1. The molecular formula is C19H25N3O. The Morgan fingerprint density at radius 2 is 1.74 bits per heavy atom. The molecule has 0 saturated heterocycles. The summed E-state index contributed by atoms with van der Waals surface area (Å²) in [6, 6.07) is 14.4. The first-order valence-electron chi connectivity index (χ1n) is 7.85. The van der Waals surface area contributed by atoms with E-state index in [0.29, 0.717) is 12.5 Å².